The van der Waals surface area contributed by atoms with Gasteiger partial charge in [-0.05, 0) is 23.6 Å². The number of nitro benzene ring substituents is 1. The van der Waals surface area contributed by atoms with Crippen molar-refractivity contribution in [3.63, 3.8) is 0 Å². The number of nitro groups is 1. The number of nitrogens with zero attached hydrogens (tertiary/aromatic N) is 2. The van der Waals surface area contributed by atoms with E-state index < -0.39 is 0 Å². The normalized spacial score (nSPS) is 11.1. The van der Waals surface area contributed by atoms with Gasteiger partial charge in [0.1, 0.15) is 5.75 Å². The molecule has 2 rings (SSSR count). The third-order valence-electron chi connectivity index (χ3n) is 3.29. The van der Waals surface area contributed by atoms with E-state index in [1.165, 1.54) is 0 Å². The lowest BCUT2D eigenvalue weighted by molar-refractivity contribution is -0.385. The highest BCUT2D eigenvalue weighted by Gasteiger charge is 2.16. The van der Waals surface area contributed by atoms with Crippen LogP contribution in [0, 0.1) is 10.1 Å². The fourth-order valence-corrected chi connectivity index (χ4v) is 2.13. The molecular weight excluding hydrogens is 280 g/mol. The van der Waals surface area contributed by atoms with Crippen LogP contribution >= 0.6 is 0 Å². The predicted molar refractivity (Wildman–Crippen MR) is 87.4 cm³/mol. The molecule has 0 heterocycles. The first-order chi connectivity index (χ1) is 10.5. The minimum Gasteiger partial charge on any atom is -0.497 e. The van der Waals surface area contributed by atoms with Crippen LogP contribution < -0.4 is 4.74 Å². The molecule has 0 amide bonds. The van der Waals surface area contributed by atoms with Gasteiger partial charge in [-0.3, -0.25) is 15.1 Å². The fourth-order valence-electron chi connectivity index (χ4n) is 2.13. The standard InChI is InChI=1S/C17H18N2O3/c1-12(2)16-8-7-13(9-17(16)19(20)21)11-18-14-5-4-6-15(10-14)22-3/h4-12H,1-3H3. The molecule has 0 atom stereocenters. The molecule has 0 aliphatic carbocycles. The highest BCUT2D eigenvalue weighted by Crippen LogP contribution is 2.27. The molecule has 0 aliphatic heterocycles. The molecule has 5 heteroatoms. The van der Waals surface area contributed by atoms with Crippen LogP contribution in [-0.2, 0) is 0 Å². The zero-order chi connectivity index (χ0) is 16.1. The van der Waals surface area contributed by atoms with Gasteiger partial charge in [0.25, 0.3) is 5.69 Å². The molecule has 2 aromatic rings. The molecule has 0 saturated carbocycles. The molecule has 0 fully saturated rings. The van der Waals surface area contributed by atoms with Crippen molar-refractivity contribution in [1.29, 1.82) is 0 Å². The Labute approximate surface area is 129 Å². The molecule has 22 heavy (non-hydrogen) atoms. The number of ether oxygens (including phenoxy) is 1. The number of aliphatic imine (C=N–C) groups is 1. The topological polar surface area (TPSA) is 64.7 Å². The van der Waals surface area contributed by atoms with Gasteiger partial charge in [0.15, 0.2) is 0 Å². The van der Waals surface area contributed by atoms with Crippen LogP contribution in [-0.4, -0.2) is 18.2 Å². The Morgan fingerprint density at radius 3 is 2.64 bits per heavy atom. The molecule has 0 aromatic heterocycles. The second-order valence-electron chi connectivity index (χ2n) is 5.19. The Morgan fingerprint density at radius 2 is 2.00 bits per heavy atom. The maximum absolute atomic E-state index is 11.2. The molecule has 0 N–H and O–H groups in total. The van der Waals surface area contributed by atoms with Crippen molar-refractivity contribution in [3.8, 4) is 5.75 Å². The van der Waals surface area contributed by atoms with Crippen molar-refractivity contribution in [2.75, 3.05) is 7.11 Å². The molecule has 0 unspecified atom stereocenters. The summed E-state index contributed by atoms with van der Waals surface area (Å²) in [6.07, 6.45) is 1.62. The van der Waals surface area contributed by atoms with Gasteiger partial charge in [-0.15, -0.1) is 0 Å². The minimum absolute atomic E-state index is 0.102. The fraction of sp³-hybridized carbons (Fsp3) is 0.235. The Kier molecular flexibility index (Phi) is 4.88. The molecule has 0 saturated heterocycles. The molecule has 2 aromatic carbocycles. The highest BCUT2D eigenvalue weighted by atomic mass is 16.6. The van der Waals surface area contributed by atoms with Crippen LogP contribution in [0.25, 0.3) is 0 Å². The number of benzene rings is 2. The lowest BCUT2D eigenvalue weighted by Gasteiger charge is -2.06. The maximum Gasteiger partial charge on any atom is 0.273 e. The Bertz CT molecular complexity index is 709. The summed E-state index contributed by atoms with van der Waals surface area (Å²) in [4.78, 5) is 15.2. The largest absolute Gasteiger partial charge is 0.497 e. The first-order valence-corrected chi connectivity index (χ1v) is 6.97. The van der Waals surface area contributed by atoms with Crippen molar-refractivity contribution in [1.82, 2.24) is 0 Å². The average Bonchev–Trinajstić information content (AvgIpc) is 2.52. The first-order valence-electron chi connectivity index (χ1n) is 6.97. The van der Waals surface area contributed by atoms with Gasteiger partial charge in [0.05, 0.1) is 17.7 Å². The monoisotopic (exact) mass is 298 g/mol. The van der Waals surface area contributed by atoms with Crippen molar-refractivity contribution in [3.05, 3.63) is 63.7 Å². The summed E-state index contributed by atoms with van der Waals surface area (Å²) >= 11 is 0. The number of hydrogen-bond donors (Lipinski definition) is 0. The van der Waals surface area contributed by atoms with E-state index in [0.717, 1.165) is 17.0 Å². The molecule has 0 radical (unpaired) electrons. The van der Waals surface area contributed by atoms with Crippen molar-refractivity contribution >= 4 is 17.6 Å². The van der Waals surface area contributed by atoms with Gasteiger partial charge in [-0.1, -0.05) is 32.0 Å². The molecule has 0 aliphatic rings. The maximum atomic E-state index is 11.2. The second-order valence-corrected chi connectivity index (χ2v) is 5.19. The van der Waals surface area contributed by atoms with Gasteiger partial charge in [-0.2, -0.15) is 0 Å². The highest BCUT2D eigenvalue weighted by molar-refractivity contribution is 5.83. The SMILES string of the molecule is COc1cccc(N=Cc2ccc(C(C)C)c([N+](=O)[O-])c2)c1. The quantitative estimate of drug-likeness (QED) is 0.464. The lowest BCUT2D eigenvalue weighted by atomic mass is 9.99. The minimum atomic E-state index is -0.349. The molecule has 5 nitrogen and oxygen atoms in total. The number of methoxy groups -OCH3 is 1. The van der Waals surface area contributed by atoms with Crippen molar-refractivity contribution in [2.24, 2.45) is 4.99 Å². The zero-order valence-corrected chi connectivity index (χ0v) is 12.8. The van der Waals surface area contributed by atoms with Gasteiger partial charge in [0, 0.05) is 23.9 Å². The average molecular weight is 298 g/mol. The smallest absolute Gasteiger partial charge is 0.273 e. The van der Waals surface area contributed by atoms with E-state index in [9.17, 15) is 10.1 Å². The van der Waals surface area contributed by atoms with Crippen LogP contribution in [0.1, 0.15) is 30.9 Å². The van der Waals surface area contributed by atoms with Gasteiger partial charge in [-0.25, -0.2) is 0 Å². The Hall–Kier alpha value is -2.69. The van der Waals surface area contributed by atoms with E-state index in [2.05, 4.69) is 4.99 Å². The van der Waals surface area contributed by atoms with Crippen molar-refractivity contribution in [2.45, 2.75) is 19.8 Å². The summed E-state index contributed by atoms with van der Waals surface area (Å²) in [5.74, 6) is 0.820. The molecule has 0 bridgehead atoms. The number of rotatable bonds is 5. The Morgan fingerprint density at radius 1 is 1.23 bits per heavy atom. The van der Waals surface area contributed by atoms with Crippen LogP contribution in [0.15, 0.2) is 47.5 Å². The van der Waals surface area contributed by atoms with Gasteiger partial charge >= 0.3 is 0 Å². The van der Waals surface area contributed by atoms with E-state index in [1.807, 2.05) is 38.1 Å². The summed E-state index contributed by atoms with van der Waals surface area (Å²) in [5, 5.41) is 11.2. The van der Waals surface area contributed by atoms with E-state index in [-0.39, 0.29) is 16.5 Å². The van der Waals surface area contributed by atoms with E-state index in [4.69, 9.17) is 4.74 Å². The van der Waals surface area contributed by atoms with Crippen molar-refractivity contribution < 1.29 is 9.66 Å². The lowest BCUT2D eigenvalue weighted by Crippen LogP contribution is -1.98. The first kappa shape index (κ1) is 15.7. The predicted octanol–water partition coefficient (Wildman–Crippen LogP) is 4.48. The van der Waals surface area contributed by atoms with E-state index >= 15 is 0 Å². The molecular formula is C17H18N2O3. The summed E-state index contributed by atoms with van der Waals surface area (Å²) in [7, 11) is 1.59. The third kappa shape index (κ3) is 3.69. The van der Waals surface area contributed by atoms with E-state index in [0.29, 0.717) is 5.56 Å². The van der Waals surface area contributed by atoms with E-state index in [1.54, 1.807) is 31.5 Å². The van der Waals surface area contributed by atoms with Gasteiger partial charge in [0.2, 0.25) is 0 Å². The van der Waals surface area contributed by atoms with Gasteiger partial charge < -0.3 is 4.74 Å². The van der Waals surface area contributed by atoms with Crippen LogP contribution in [0.5, 0.6) is 5.75 Å². The summed E-state index contributed by atoms with van der Waals surface area (Å²) in [6.45, 7) is 3.87. The summed E-state index contributed by atoms with van der Waals surface area (Å²) in [5.41, 5.74) is 2.28. The zero-order valence-electron chi connectivity index (χ0n) is 12.8. The summed E-state index contributed by atoms with van der Waals surface area (Å²) in [6, 6.07) is 12.5. The third-order valence-corrected chi connectivity index (χ3v) is 3.29. The Balaban J connectivity index is 2.31. The molecule has 0 spiro atoms. The van der Waals surface area contributed by atoms with Crippen LogP contribution in [0.3, 0.4) is 0 Å². The van der Waals surface area contributed by atoms with Crippen LogP contribution in [0.2, 0.25) is 0 Å². The summed E-state index contributed by atoms with van der Waals surface area (Å²) < 4.78 is 5.14. The second kappa shape index (κ2) is 6.85. The molecule has 114 valence electrons. The van der Waals surface area contributed by atoms with Crippen LogP contribution in [0.4, 0.5) is 11.4 Å². The number of hydrogen-bond acceptors (Lipinski definition) is 4.